The van der Waals surface area contributed by atoms with E-state index in [0.29, 0.717) is 12.8 Å². The highest BCUT2D eigenvalue weighted by Crippen LogP contribution is 2.43. The van der Waals surface area contributed by atoms with Gasteiger partial charge >= 0.3 is 6.18 Å². The number of hydrogen-bond acceptors (Lipinski definition) is 4. The summed E-state index contributed by atoms with van der Waals surface area (Å²) in [6.07, 6.45) is -4.56. The maximum Gasteiger partial charge on any atom is 0.439 e. The maximum atomic E-state index is 13.4. The molecule has 1 N–H and O–H groups in total. The van der Waals surface area contributed by atoms with Crippen molar-refractivity contribution in [3.05, 3.63) is 29.8 Å². The van der Waals surface area contributed by atoms with E-state index in [2.05, 4.69) is 5.10 Å². The largest absolute Gasteiger partial charge is 0.439 e. The summed E-state index contributed by atoms with van der Waals surface area (Å²) in [5.41, 5.74) is -2.78. The molecule has 0 fully saturated rings. The molecule has 1 aromatic rings. The summed E-state index contributed by atoms with van der Waals surface area (Å²) < 4.78 is 65.1. The molecule has 0 unspecified atom stereocenters. The van der Waals surface area contributed by atoms with Gasteiger partial charge in [-0.2, -0.15) is 26.7 Å². The molecule has 0 saturated carbocycles. The molecule has 24 heavy (non-hydrogen) atoms. The van der Waals surface area contributed by atoms with Crippen LogP contribution in [0.25, 0.3) is 0 Å². The Bertz CT molecular complexity index is 729. The van der Waals surface area contributed by atoms with Gasteiger partial charge < -0.3 is 5.11 Å². The molecule has 0 bridgehead atoms. The Hall–Kier alpha value is -1.61. The van der Waals surface area contributed by atoms with Crippen molar-refractivity contribution in [3.8, 4) is 0 Å². The third-order valence-corrected chi connectivity index (χ3v) is 5.53. The van der Waals surface area contributed by atoms with Crippen LogP contribution in [-0.2, 0) is 10.0 Å². The zero-order valence-corrected chi connectivity index (χ0v) is 14.2. The van der Waals surface area contributed by atoms with Crippen LogP contribution in [0.4, 0.5) is 13.2 Å². The van der Waals surface area contributed by atoms with E-state index in [9.17, 15) is 26.7 Å². The minimum Gasteiger partial charge on any atom is -0.361 e. The number of benzene rings is 1. The lowest BCUT2D eigenvalue weighted by atomic mass is 10.0. The van der Waals surface area contributed by atoms with E-state index in [1.807, 2.05) is 6.92 Å². The van der Waals surface area contributed by atoms with Crippen molar-refractivity contribution in [1.29, 1.82) is 0 Å². The van der Waals surface area contributed by atoms with E-state index in [1.54, 1.807) is 6.92 Å². The van der Waals surface area contributed by atoms with Crippen molar-refractivity contribution < 1.29 is 26.7 Å². The SMILES string of the molecule is CCCCC1=NN(S(=O)(=O)c2ccc(C)cc2)[C@](O)(C(F)(F)F)C1. The first-order chi connectivity index (χ1) is 11.0. The monoisotopic (exact) mass is 364 g/mol. The molecule has 1 aromatic carbocycles. The third kappa shape index (κ3) is 3.27. The van der Waals surface area contributed by atoms with Gasteiger partial charge in [0.25, 0.3) is 15.7 Å². The number of hydrogen-bond donors (Lipinski definition) is 1. The molecule has 1 heterocycles. The van der Waals surface area contributed by atoms with E-state index >= 15 is 0 Å². The Morgan fingerprint density at radius 3 is 2.38 bits per heavy atom. The van der Waals surface area contributed by atoms with Crippen molar-refractivity contribution in [2.75, 3.05) is 0 Å². The Kier molecular flexibility index (Phi) is 4.96. The number of sulfonamides is 1. The molecule has 0 radical (unpaired) electrons. The van der Waals surface area contributed by atoms with Crippen LogP contribution in [0.2, 0.25) is 0 Å². The number of halogens is 3. The molecular formula is C15H19F3N2O3S. The fourth-order valence-electron chi connectivity index (χ4n) is 2.39. The Morgan fingerprint density at radius 2 is 1.88 bits per heavy atom. The Morgan fingerprint density at radius 1 is 1.29 bits per heavy atom. The van der Waals surface area contributed by atoms with E-state index in [0.717, 1.165) is 5.56 Å². The van der Waals surface area contributed by atoms with Gasteiger partial charge in [-0.1, -0.05) is 31.0 Å². The van der Waals surface area contributed by atoms with Gasteiger partial charge in [0.1, 0.15) is 0 Å². The molecule has 0 saturated heterocycles. The van der Waals surface area contributed by atoms with E-state index in [4.69, 9.17) is 0 Å². The summed E-state index contributed by atoms with van der Waals surface area (Å²) in [6, 6.07) is 5.33. The molecule has 5 nitrogen and oxygen atoms in total. The van der Waals surface area contributed by atoms with Crippen molar-refractivity contribution in [2.24, 2.45) is 5.10 Å². The highest BCUT2D eigenvalue weighted by atomic mass is 32.2. The Balaban J connectivity index is 2.49. The van der Waals surface area contributed by atoms with Crippen LogP contribution >= 0.6 is 0 Å². The van der Waals surface area contributed by atoms with Crippen LogP contribution in [0.1, 0.15) is 38.2 Å². The predicted molar refractivity (Wildman–Crippen MR) is 82.8 cm³/mol. The minimum absolute atomic E-state index is 0.0207. The molecule has 0 aliphatic carbocycles. The highest BCUT2D eigenvalue weighted by molar-refractivity contribution is 7.89. The fourth-order valence-corrected chi connectivity index (χ4v) is 3.86. The number of aliphatic hydroxyl groups is 1. The quantitative estimate of drug-likeness (QED) is 0.872. The van der Waals surface area contributed by atoms with Gasteiger partial charge in [0.2, 0.25) is 0 Å². The van der Waals surface area contributed by atoms with Crippen LogP contribution in [0, 0.1) is 6.92 Å². The van der Waals surface area contributed by atoms with Crippen LogP contribution in [-0.4, -0.2) is 35.6 Å². The van der Waals surface area contributed by atoms with Crippen molar-refractivity contribution in [3.63, 3.8) is 0 Å². The lowest BCUT2D eigenvalue weighted by Crippen LogP contribution is -2.56. The van der Waals surface area contributed by atoms with Gasteiger partial charge in [-0.25, -0.2) is 0 Å². The zero-order chi connectivity index (χ0) is 18.2. The lowest BCUT2D eigenvalue weighted by Gasteiger charge is -2.33. The van der Waals surface area contributed by atoms with Crippen molar-refractivity contribution >= 4 is 15.7 Å². The number of rotatable bonds is 5. The summed E-state index contributed by atoms with van der Waals surface area (Å²) in [4.78, 5) is -0.351. The second kappa shape index (κ2) is 6.36. The van der Waals surface area contributed by atoms with E-state index in [1.165, 1.54) is 24.3 Å². The second-order valence-electron chi connectivity index (χ2n) is 5.82. The summed E-state index contributed by atoms with van der Waals surface area (Å²) >= 11 is 0. The van der Waals surface area contributed by atoms with Gasteiger partial charge in [0.05, 0.1) is 4.90 Å². The fraction of sp³-hybridized carbons (Fsp3) is 0.533. The molecular weight excluding hydrogens is 345 g/mol. The molecule has 2 rings (SSSR count). The maximum absolute atomic E-state index is 13.4. The van der Waals surface area contributed by atoms with Crippen LogP contribution in [0.15, 0.2) is 34.3 Å². The normalized spacial score (nSPS) is 21.9. The van der Waals surface area contributed by atoms with Gasteiger partial charge in [-0.15, -0.1) is 4.41 Å². The number of nitrogens with zero attached hydrogens (tertiary/aromatic N) is 2. The summed E-state index contributed by atoms with van der Waals surface area (Å²) in [6.45, 7) is 3.57. The smallest absolute Gasteiger partial charge is 0.361 e. The van der Waals surface area contributed by atoms with Crippen LogP contribution in [0.5, 0.6) is 0 Å². The predicted octanol–water partition coefficient (Wildman–Crippen LogP) is 3.19. The molecule has 1 aliphatic heterocycles. The molecule has 0 spiro atoms. The average Bonchev–Trinajstić information content (AvgIpc) is 2.84. The first kappa shape index (κ1) is 18.7. The summed E-state index contributed by atoms with van der Waals surface area (Å²) in [7, 11) is -4.63. The molecule has 134 valence electrons. The van der Waals surface area contributed by atoms with E-state index < -0.39 is 28.3 Å². The number of aryl methyl sites for hydroxylation is 1. The van der Waals surface area contributed by atoms with Gasteiger partial charge in [0, 0.05) is 12.1 Å². The molecule has 1 aliphatic rings. The number of unbranched alkanes of at least 4 members (excludes halogenated alkanes) is 1. The molecule has 1 atom stereocenters. The van der Waals surface area contributed by atoms with Gasteiger partial charge in [-0.05, 0) is 31.9 Å². The van der Waals surface area contributed by atoms with Crippen LogP contribution < -0.4 is 0 Å². The zero-order valence-electron chi connectivity index (χ0n) is 13.3. The Labute approximate surface area is 138 Å². The highest BCUT2D eigenvalue weighted by Gasteiger charge is 2.64. The molecule has 0 amide bonds. The van der Waals surface area contributed by atoms with Gasteiger partial charge in [-0.3, -0.25) is 0 Å². The first-order valence-corrected chi connectivity index (χ1v) is 8.94. The van der Waals surface area contributed by atoms with Crippen molar-refractivity contribution in [2.45, 2.75) is 56.3 Å². The summed E-state index contributed by atoms with van der Waals surface area (Å²) in [5, 5.41) is 13.7. The minimum atomic E-state index is -5.16. The topological polar surface area (TPSA) is 70.0 Å². The standard InChI is InChI=1S/C15H19F3N2O3S/c1-3-4-5-12-10-14(21,15(16,17)18)20(19-12)24(22,23)13-8-6-11(2)7-9-13/h6-9,21H,3-5,10H2,1-2H3/t14-/m1/s1. The third-order valence-electron chi connectivity index (χ3n) is 3.82. The molecule has 9 heteroatoms. The van der Waals surface area contributed by atoms with Crippen molar-refractivity contribution in [1.82, 2.24) is 4.41 Å². The second-order valence-corrected chi connectivity index (χ2v) is 7.59. The number of hydrazone groups is 1. The van der Waals surface area contributed by atoms with Crippen LogP contribution in [0.3, 0.4) is 0 Å². The summed E-state index contributed by atoms with van der Waals surface area (Å²) in [5.74, 6) is 0. The first-order valence-electron chi connectivity index (χ1n) is 7.50. The average molecular weight is 364 g/mol. The number of alkyl halides is 3. The lowest BCUT2D eigenvalue weighted by molar-refractivity contribution is -0.291. The van der Waals surface area contributed by atoms with E-state index in [-0.39, 0.29) is 21.4 Å². The van der Waals surface area contributed by atoms with Gasteiger partial charge in [0.15, 0.2) is 0 Å². The molecule has 0 aromatic heterocycles.